The van der Waals surface area contributed by atoms with Crippen molar-refractivity contribution in [2.24, 2.45) is 0 Å². The van der Waals surface area contributed by atoms with Crippen LogP contribution < -0.4 is 10.6 Å². The molecule has 0 radical (unpaired) electrons. The molecule has 0 aliphatic carbocycles. The topological polar surface area (TPSA) is 102 Å². The summed E-state index contributed by atoms with van der Waals surface area (Å²) in [5, 5.41) is 5.64. The number of imide groups is 1. The second-order valence-electron chi connectivity index (χ2n) is 9.05. The Morgan fingerprint density at radius 1 is 1.06 bits per heavy atom. The van der Waals surface area contributed by atoms with Crippen LogP contribution in [0.5, 0.6) is 0 Å². The van der Waals surface area contributed by atoms with Crippen LogP contribution in [0, 0.1) is 0 Å². The molecule has 3 fully saturated rings. The number of piperidine rings is 1. The van der Waals surface area contributed by atoms with Crippen LogP contribution in [0.15, 0.2) is 18.2 Å². The summed E-state index contributed by atoms with van der Waals surface area (Å²) in [4.78, 5) is 55.8. The predicted molar refractivity (Wildman–Crippen MR) is 115 cm³/mol. The number of nitrogens with one attached hydrogen (secondary N) is 2. The average molecular weight is 440 g/mol. The zero-order valence-corrected chi connectivity index (χ0v) is 18.1. The van der Waals surface area contributed by atoms with Crippen molar-refractivity contribution in [1.82, 2.24) is 25.3 Å². The highest BCUT2D eigenvalue weighted by molar-refractivity contribution is 6.05. The second kappa shape index (κ2) is 8.63. The first-order valence-electron chi connectivity index (χ1n) is 11.5. The Labute approximate surface area is 187 Å². The molecule has 1 aromatic rings. The van der Waals surface area contributed by atoms with Crippen LogP contribution in [0.1, 0.15) is 47.2 Å². The lowest BCUT2D eigenvalue weighted by Crippen LogP contribution is -2.52. The molecule has 0 spiro atoms. The minimum absolute atomic E-state index is 0.118. The number of rotatable bonds is 4. The zero-order chi connectivity index (χ0) is 22.2. The van der Waals surface area contributed by atoms with Crippen LogP contribution in [0.25, 0.3) is 0 Å². The van der Waals surface area contributed by atoms with E-state index < -0.39 is 11.9 Å². The molecule has 0 aromatic heterocycles. The maximum absolute atomic E-state index is 13.1. The Morgan fingerprint density at radius 2 is 1.88 bits per heavy atom. The van der Waals surface area contributed by atoms with E-state index in [1.807, 2.05) is 17.0 Å². The van der Waals surface area contributed by atoms with Crippen molar-refractivity contribution in [2.75, 3.05) is 32.7 Å². The van der Waals surface area contributed by atoms with Gasteiger partial charge in [-0.3, -0.25) is 29.4 Å². The Hall–Kier alpha value is -2.78. The van der Waals surface area contributed by atoms with Gasteiger partial charge in [-0.15, -0.1) is 0 Å². The normalized spacial score (nSPS) is 26.4. The third-order valence-corrected chi connectivity index (χ3v) is 7.13. The van der Waals surface area contributed by atoms with Gasteiger partial charge in [0, 0.05) is 51.3 Å². The van der Waals surface area contributed by atoms with E-state index in [0.717, 1.165) is 56.7 Å². The number of carbonyl (C=O) groups is 4. The molecule has 1 aromatic carbocycles. The molecular weight excluding hydrogens is 410 g/mol. The lowest BCUT2D eigenvalue weighted by atomic mass is 10.0. The quantitative estimate of drug-likeness (QED) is 0.633. The lowest BCUT2D eigenvalue weighted by Gasteiger charge is -2.33. The van der Waals surface area contributed by atoms with Crippen molar-refractivity contribution in [3.8, 4) is 0 Å². The standard InChI is InChI=1S/C23H29N5O4/c29-20-7-6-18(21(30)25-20)28-14-17-15(3-1-4-16(17)22(28)31)13-27-10-2-5-19(27)23(32)26-11-8-24-9-12-26/h1,3-4,18-19,24H,2,5-14H2,(H,25,29,30)/t18?,19-/m0/s1. The Bertz CT molecular complexity index is 958. The van der Waals surface area contributed by atoms with Crippen molar-refractivity contribution in [3.05, 3.63) is 34.9 Å². The van der Waals surface area contributed by atoms with E-state index in [0.29, 0.717) is 25.1 Å². The van der Waals surface area contributed by atoms with Gasteiger partial charge in [0.15, 0.2) is 0 Å². The lowest BCUT2D eigenvalue weighted by molar-refractivity contribution is -0.138. The third kappa shape index (κ3) is 3.80. The van der Waals surface area contributed by atoms with E-state index in [2.05, 4.69) is 15.5 Å². The zero-order valence-electron chi connectivity index (χ0n) is 18.1. The molecule has 4 aliphatic rings. The maximum atomic E-state index is 13.1. The van der Waals surface area contributed by atoms with Gasteiger partial charge in [-0.1, -0.05) is 12.1 Å². The fourth-order valence-electron chi connectivity index (χ4n) is 5.41. The van der Waals surface area contributed by atoms with Crippen LogP contribution in [0.2, 0.25) is 0 Å². The van der Waals surface area contributed by atoms with Gasteiger partial charge in [0.2, 0.25) is 17.7 Å². The minimum atomic E-state index is -0.616. The summed E-state index contributed by atoms with van der Waals surface area (Å²) < 4.78 is 0. The summed E-state index contributed by atoms with van der Waals surface area (Å²) >= 11 is 0. The summed E-state index contributed by atoms with van der Waals surface area (Å²) in [6, 6.07) is 4.97. The fraction of sp³-hybridized carbons (Fsp3) is 0.565. The molecule has 9 nitrogen and oxygen atoms in total. The summed E-state index contributed by atoms with van der Waals surface area (Å²) in [6.45, 7) is 5.00. The van der Waals surface area contributed by atoms with Crippen molar-refractivity contribution in [2.45, 2.75) is 50.9 Å². The van der Waals surface area contributed by atoms with Gasteiger partial charge in [0.05, 0.1) is 6.04 Å². The number of hydrogen-bond acceptors (Lipinski definition) is 6. The van der Waals surface area contributed by atoms with E-state index in [-0.39, 0.29) is 30.2 Å². The average Bonchev–Trinajstić information content (AvgIpc) is 3.39. The van der Waals surface area contributed by atoms with Gasteiger partial charge in [-0.05, 0) is 43.0 Å². The van der Waals surface area contributed by atoms with Gasteiger partial charge in [-0.2, -0.15) is 0 Å². The largest absolute Gasteiger partial charge is 0.339 e. The van der Waals surface area contributed by atoms with Crippen LogP contribution in [0.4, 0.5) is 0 Å². The number of likely N-dealkylation sites (tertiary alicyclic amines) is 1. The maximum Gasteiger partial charge on any atom is 0.255 e. The molecule has 0 bridgehead atoms. The van der Waals surface area contributed by atoms with Crippen molar-refractivity contribution in [1.29, 1.82) is 0 Å². The summed E-state index contributed by atoms with van der Waals surface area (Å²) in [6.07, 6.45) is 2.44. The number of carbonyl (C=O) groups excluding carboxylic acids is 4. The SMILES string of the molecule is O=C1CCC(N2Cc3c(CN4CCC[C@H]4C(=O)N4CCNCC4)cccc3C2=O)C(=O)N1. The minimum Gasteiger partial charge on any atom is -0.339 e. The van der Waals surface area contributed by atoms with Crippen molar-refractivity contribution < 1.29 is 19.2 Å². The molecule has 9 heteroatoms. The molecule has 1 unspecified atom stereocenters. The smallest absolute Gasteiger partial charge is 0.255 e. The van der Waals surface area contributed by atoms with Gasteiger partial charge in [0.25, 0.3) is 5.91 Å². The highest BCUT2D eigenvalue weighted by Crippen LogP contribution is 2.32. The first-order chi connectivity index (χ1) is 15.5. The Kier molecular flexibility index (Phi) is 5.69. The first kappa shape index (κ1) is 21.1. The monoisotopic (exact) mass is 439 g/mol. The molecule has 2 atom stereocenters. The number of amides is 4. The van der Waals surface area contributed by atoms with Crippen molar-refractivity contribution >= 4 is 23.6 Å². The molecule has 5 rings (SSSR count). The fourth-order valence-corrected chi connectivity index (χ4v) is 5.41. The van der Waals surface area contributed by atoms with Gasteiger partial charge >= 0.3 is 0 Å². The summed E-state index contributed by atoms with van der Waals surface area (Å²) in [5.41, 5.74) is 2.59. The Morgan fingerprint density at radius 3 is 2.66 bits per heavy atom. The molecule has 170 valence electrons. The summed E-state index contributed by atoms with van der Waals surface area (Å²) in [7, 11) is 0. The highest BCUT2D eigenvalue weighted by atomic mass is 16.2. The van der Waals surface area contributed by atoms with E-state index in [1.165, 1.54) is 0 Å². The number of hydrogen-bond donors (Lipinski definition) is 2. The molecule has 2 N–H and O–H groups in total. The summed E-state index contributed by atoms with van der Waals surface area (Å²) in [5.74, 6) is -0.639. The van der Waals surface area contributed by atoms with Gasteiger partial charge in [-0.25, -0.2) is 0 Å². The van der Waals surface area contributed by atoms with E-state index in [4.69, 9.17) is 0 Å². The third-order valence-electron chi connectivity index (χ3n) is 7.13. The van der Waals surface area contributed by atoms with E-state index in [1.54, 1.807) is 11.0 Å². The predicted octanol–water partition coefficient (Wildman–Crippen LogP) is -0.156. The molecule has 4 aliphatic heterocycles. The van der Waals surface area contributed by atoms with Crippen LogP contribution in [-0.4, -0.2) is 83.1 Å². The highest BCUT2D eigenvalue weighted by Gasteiger charge is 2.40. The number of piperazine rings is 1. The van der Waals surface area contributed by atoms with Gasteiger partial charge in [0.1, 0.15) is 6.04 Å². The van der Waals surface area contributed by atoms with Crippen LogP contribution in [-0.2, 0) is 27.5 Å². The van der Waals surface area contributed by atoms with E-state index >= 15 is 0 Å². The second-order valence-corrected chi connectivity index (χ2v) is 9.05. The van der Waals surface area contributed by atoms with E-state index in [9.17, 15) is 19.2 Å². The van der Waals surface area contributed by atoms with Crippen LogP contribution >= 0.6 is 0 Å². The van der Waals surface area contributed by atoms with Crippen molar-refractivity contribution in [3.63, 3.8) is 0 Å². The molecule has 0 saturated carbocycles. The first-order valence-corrected chi connectivity index (χ1v) is 11.5. The molecule has 32 heavy (non-hydrogen) atoms. The number of benzene rings is 1. The molecule has 4 amide bonds. The number of fused-ring (bicyclic) bond motifs is 1. The van der Waals surface area contributed by atoms with Gasteiger partial charge < -0.3 is 15.1 Å². The molecule has 3 saturated heterocycles. The number of nitrogens with zero attached hydrogens (tertiary/aromatic N) is 3. The Balaban J connectivity index is 1.33. The van der Waals surface area contributed by atoms with Crippen LogP contribution in [0.3, 0.4) is 0 Å². The molecule has 4 heterocycles. The molecular formula is C23H29N5O4.